The van der Waals surface area contributed by atoms with Crippen molar-refractivity contribution in [1.29, 1.82) is 5.26 Å². The summed E-state index contributed by atoms with van der Waals surface area (Å²) in [6.45, 7) is 6.13. The molecule has 3 rings (SSSR count). The zero-order chi connectivity index (χ0) is 26.3. The van der Waals surface area contributed by atoms with Crippen LogP contribution < -0.4 is 0 Å². The zero-order valence-corrected chi connectivity index (χ0v) is 22.9. The highest BCUT2D eigenvalue weighted by Gasteiger charge is 2.36. The summed E-state index contributed by atoms with van der Waals surface area (Å²) in [4.78, 5) is 11.1. The normalized spacial score (nSPS) is 19.2. The molecule has 3 nitrogen and oxygen atoms in total. The Hall–Kier alpha value is -2.86. The van der Waals surface area contributed by atoms with Gasteiger partial charge in [-0.15, -0.1) is 0 Å². The summed E-state index contributed by atoms with van der Waals surface area (Å²) in [5, 5.41) is 10.1. The van der Waals surface area contributed by atoms with Crippen molar-refractivity contribution in [3.05, 3.63) is 72.3 Å². The molecule has 1 fully saturated rings. The van der Waals surface area contributed by atoms with Gasteiger partial charge in [-0.05, 0) is 73.1 Å². The van der Waals surface area contributed by atoms with Crippen molar-refractivity contribution in [2.45, 2.75) is 103 Å². The van der Waals surface area contributed by atoms with Crippen LogP contribution in [0.1, 0.15) is 107 Å². The van der Waals surface area contributed by atoms with Gasteiger partial charge >= 0.3 is 5.97 Å². The molecule has 1 aliphatic rings. The molecule has 0 aromatic heterocycles. The van der Waals surface area contributed by atoms with Crippen LogP contribution in [0.15, 0.2) is 61.2 Å². The van der Waals surface area contributed by atoms with Gasteiger partial charge in [0.15, 0.2) is 0 Å². The lowest BCUT2D eigenvalue weighted by Crippen LogP contribution is -2.26. The van der Waals surface area contributed by atoms with Gasteiger partial charge in [-0.25, -0.2) is 4.79 Å². The molecule has 2 aromatic rings. The highest BCUT2D eigenvalue weighted by molar-refractivity contribution is 5.81. The van der Waals surface area contributed by atoms with Crippen LogP contribution in [0.3, 0.4) is 0 Å². The second kappa shape index (κ2) is 15.4. The number of esters is 1. The monoisotopic (exact) mass is 499 g/mol. The van der Waals surface area contributed by atoms with Crippen molar-refractivity contribution >= 4 is 5.97 Å². The minimum absolute atomic E-state index is 0.172. The van der Waals surface area contributed by atoms with E-state index in [1.54, 1.807) is 0 Å². The van der Waals surface area contributed by atoms with E-state index in [4.69, 9.17) is 4.74 Å². The molecule has 1 saturated carbocycles. The van der Waals surface area contributed by atoms with E-state index in [1.165, 1.54) is 60.4 Å². The molecule has 37 heavy (non-hydrogen) atoms. The Kier molecular flexibility index (Phi) is 12.0. The summed E-state index contributed by atoms with van der Waals surface area (Å²) in [5.74, 6) is 0.146. The lowest BCUT2D eigenvalue weighted by atomic mass is 9.66. The van der Waals surface area contributed by atoms with Gasteiger partial charge in [-0.2, -0.15) is 5.26 Å². The Balaban J connectivity index is 1.44. The highest BCUT2D eigenvalue weighted by Crippen LogP contribution is 2.46. The Bertz CT molecular complexity index is 1000. The number of ether oxygens (including phenoxy) is 1. The summed E-state index contributed by atoms with van der Waals surface area (Å²) >= 11 is 0. The third kappa shape index (κ3) is 9.19. The van der Waals surface area contributed by atoms with Crippen LogP contribution in [0.5, 0.6) is 0 Å². The minimum atomic E-state index is -0.337. The lowest BCUT2D eigenvalue weighted by molar-refractivity contribution is -0.137. The summed E-state index contributed by atoms with van der Waals surface area (Å²) in [6.07, 6.45) is 16.8. The average molecular weight is 500 g/mol. The molecular formula is C34H45NO2. The molecule has 0 heterocycles. The van der Waals surface area contributed by atoms with Crippen LogP contribution in [0.2, 0.25) is 0 Å². The van der Waals surface area contributed by atoms with Gasteiger partial charge in [-0.3, -0.25) is 0 Å². The quantitative estimate of drug-likeness (QED) is 0.139. The van der Waals surface area contributed by atoms with Gasteiger partial charge in [0.2, 0.25) is 0 Å². The molecule has 0 N–H and O–H groups in total. The summed E-state index contributed by atoms with van der Waals surface area (Å²) in [5.41, 5.74) is 5.18. The molecule has 2 atom stereocenters. The highest BCUT2D eigenvalue weighted by atomic mass is 16.5. The first-order chi connectivity index (χ1) is 18.1. The summed E-state index contributed by atoms with van der Waals surface area (Å²) in [7, 11) is 0. The van der Waals surface area contributed by atoms with Crippen LogP contribution in [-0.2, 0) is 16.0 Å². The fourth-order valence-corrected chi connectivity index (χ4v) is 5.73. The molecule has 0 bridgehead atoms. The topological polar surface area (TPSA) is 50.1 Å². The van der Waals surface area contributed by atoms with Crippen LogP contribution >= 0.6 is 0 Å². The maximum Gasteiger partial charge on any atom is 0.330 e. The largest absolute Gasteiger partial charge is 0.463 e. The van der Waals surface area contributed by atoms with E-state index in [2.05, 4.69) is 68.1 Å². The van der Waals surface area contributed by atoms with Crippen molar-refractivity contribution in [1.82, 2.24) is 0 Å². The molecule has 0 saturated heterocycles. The molecular weight excluding hydrogens is 454 g/mol. The number of hydrogen-bond acceptors (Lipinski definition) is 3. The molecule has 2 unspecified atom stereocenters. The fraction of sp³-hybridized carbons (Fsp3) is 0.529. The predicted molar refractivity (Wildman–Crippen MR) is 153 cm³/mol. The van der Waals surface area contributed by atoms with E-state index < -0.39 is 0 Å². The van der Waals surface area contributed by atoms with Crippen LogP contribution in [0.25, 0.3) is 11.1 Å². The number of rotatable bonds is 15. The SMILES string of the molecule is C=CC(=O)OCCCCCCCCC1(C#N)CCCC(c2ccc(-c3ccc(CCCC)cc3)cc2)C1. The van der Waals surface area contributed by atoms with Crippen molar-refractivity contribution in [3.8, 4) is 17.2 Å². The number of unbranched alkanes of at least 4 members (excludes halogenated alkanes) is 6. The fourth-order valence-electron chi connectivity index (χ4n) is 5.73. The maximum absolute atomic E-state index is 11.1. The Labute approximate surface area is 224 Å². The molecule has 0 spiro atoms. The third-order valence-electron chi connectivity index (χ3n) is 8.03. The van der Waals surface area contributed by atoms with Crippen LogP contribution in [0.4, 0.5) is 0 Å². The van der Waals surface area contributed by atoms with Gasteiger partial charge in [0.1, 0.15) is 0 Å². The minimum Gasteiger partial charge on any atom is -0.463 e. The Morgan fingerprint density at radius 3 is 2.30 bits per heavy atom. The third-order valence-corrected chi connectivity index (χ3v) is 8.03. The number of aryl methyl sites for hydroxylation is 1. The van der Waals surface area contributed by atoms with E-state index in [0.29, 0.717) is 12.5 Å². The molecule has 1 aliphatic carbocycles. The lowest BCUT2D eigenvalue weighted by Gasteiger charge is -2.36. The zero-order valence-electron chi connectivity index (χ0n) is 22.9. The molecule has 2 aromatic carbocycles. The number of carbonyl (C=O) groups is 1. The molecule has 0 aliphatic heterocycles. The van der Waals surface area contributed by atoms with E-state index in [0.717, 1.165) is 57.8 Å². The first-order valence-electron chi connectivity index (χ1n) is 14.5. The van der Waals surface area contributed by atoms with Crippen LogP contribution in [0, 0.1) is 16.7 Å². The Morgan fingerprint density at radius 2 is 1.65 bits per heavy atom. The number of hydrogen-bond donors (Lipinski definition) is 0. The standard InChI is InChI=1S/C34H45NO2/c1-3-5-13-28-15-17-29(18-16-28)30-19-21-31(22-20-30)32-14-12-24-34(26-32,27-35)23-10-8-6-7-9-11-25-37-33(36)4-2/h4,15-22,32H,2-3,5-14,23-26H2,1H3. The summed E-state index contributed by atoms with van der Waals surface area (Å²) in [6, 6.07) is 20.9. The second-order valence-corrected chi connectivity index (χ2v) is 10.9. The van der Waals surface area contributed by atoms with E-state index in [-0.39, 0.29) is 11.4 Å². The number of benzene rings is 2. The van der Waals surface area contributed by atoms with Gasteiger partial charge < -0.3 is 4.74 Å². The first kappa shape index (κ1) is 28.7. The van der Waals surface area contributed by atoms with Crippen molar-refractivity contribution in [2.24, 2.45) is 5.41 Å². The van der Waals surface area contributed by atoms with Crippen molar-refractivity contribution in [2.75, 3.05) is 6.61 Å². The van der Waals surface area contributed by atoms with Gasteiger partial charge in [0.25, 0.3) is 0 Å². The average Bonchev–Trinajstić information content (AvgIpc) is 2.95. The predicted octanol–water partition coefficient (Wildman–Crippen LogP) is 9.32. The maximum atomic E-state index is 11.1. The van der Waals surface area contributed by atoms with Crippen LogP contribution in [-0.4, -0.2) is 12.6 Å². The second-order valence-electron chi connectivity index (χ2n) is 10.9. The van der Waals surface area contributed by atoms with E-state index in [1.807, 2.05) is 0 Å². The van der Waals surface area contributed by atoms with Crippen molar-refractivity contribution in [3.63, 3.8) is 0 Å². The summed E-state index contributed by atoms with van der Waals surface area (Å²) < 4.78 is 5.02. The first-order valence-corrected chi connectivity index (χ1v) is 14.5. The van der Waals surface area contributed by atoms with Crippen molar-refractivity contribution < 1.29 is 9.53 Å². The number of nitrogens with zero attached hydrogens (tertiary/aromatic N) is 1. The molecule has 198 valence electrons. The molecule has 0 amide bonds. The van der Waals surface area contributed by atoms with Gasteiger partial charge in [-0.1, -0.05) is 107 Å². The van der Waals surface area contributed by atoms with E-state index >= 15 is 0 Å². The molecule has 0 radical (unpaired) electrons. The number of carbonyl (C=O) groups excluding carboxylic acids is 1. The van der Waals surface area contributed by atoms with Gasteiger partial charge in [0.05, 0.1) is 18.1 Å². The number of nitriles is 1. The van der Waals surface area contributed by atoms with E-state index in [9.17, 15) is 10.1 Å². The molecule has 3 heteroatoms. The smallest absolute Gasteiger partial charge is 0.330 e. The van der Waals surface area contributed by atoms with Gasteiger partial charge in [0, 0.05) is 6.08 Å². The Morgan fingerprint density at radius 1 is 1.00 bits per heavy atom.